The second kappa shape index (κ2) is 7.43. The molecular formula is C18H19N3S. The molecule has 0 unspecified atom stereocenters. The second-order valence-corrected chi connectivity index (χ2v) is 5.25. The van der Waals surface area contributed by atoms with Crippen LogP contribution < -0.4 is 16.2 Å². The van der Waals surface area contributed by atoms with Gasteiger partial charge in [0.2, 0.25) is 0 Å². The molecule has 0 aliphatic carbocycles. The zero-order chi connectivity index (χ0) is 15.9. The van der Waals surface area contributed by atoms with Crippen LogP contribution in [0.2, 0.25) is 0 Å². The highest BCUT2D eigenvalue weighted by molar-refractivity contribution is 7.80. The van der Waals surface area contributed by atoms with Crippen LogP contribution in [-0.4, -0.2) is 5.11 Å². The third-order valence-corrected chi connectivity index (χ3v) is 3.39. The summed E-state index contributed by atoms with van der Waals surface area (Å²) in [6.07, 6.45) is 0. The smallest absolute Gasteiger partial charge is 0.189 e. The summed E-state index contributed by atoms with van der Waals surface area (Å²) in [5.41, 5.74) is 10.6. The fourth-order valence-corrected chi connectivity index (χ4v) is 2.17. The maximum Gasteiger partial charge on any atom is 0.189 e. The molecule has 0 aromatic heterocycles. The molecule has 2 aromatic rings. The van der Waals surface area contributed by atoms with Gasteiger partial charge in [0.1, 0.15) is 0 Å². The lowest BCUT2D eigenvalue weighted by molar-refractivity contribution is 0.832. The van der Waals surface area contributed by atoms with Crippen LogP contribution in [0, 0.1) is 6.92 Å². The van der Waals surface area contributed by atoms with Crippen LogP contribution in [0.3, 0.4) is 0 Å². The van der Waals surface area contributed by atoms with Gasteiger partial charge >= 0.3 is 0 Å². The predicted molar refractivity (Wildman–Crippen MR) is 97.7 cm³/mol. The first-order valence-electron chi connectivity index (χ1n) is 6.90. The number of rotatable bonds is 5. The number of aryl methyl sites for hydroxylation is 1. The van der Waals surface area contributed by atoms with Gasteiger partial charge in [-0.1, -0.05) is 67.8 Å². The van der Waals surface area contributed by atoms with Gasteiger partial charge in [0.25, 0.3) is 0 Å². The number of hydrazine groups is 1. The molecule has 0 fully saturated rings. The van der Waals surface area contributed by atoms with Crippen LogP contribution in [0.5, 0.6) is 0 Å². The van der Waals surface area contributed by atoms with E-state index in [1.54, 1.807) is 0 Å². The van der Waals surface area contributed by atoms with Crippen molar-refractivity contribution in [2.45, 2.75) is 6.92 Å². The predicted octanol–water partition coefficient (Wildman–Crippen LogP) is 3.61. The van der Waals surface area contributed by atoms with E-state index in [9.17, 15) is 0 Å². The Balaban J connectivity index is 1.87. The summed E-state index contributed by atoms with van der Waals surface area (Å²) in [6, 6.07) is 17.8. The van der Waals surface area contributed by atoms with E-state index >= 15 is 0 Å². The molecule has 2 aromatic carbocycles. The maximum atomic E-state index is 5.24. The quantitative estimate of drug-likeness (QED) is 0.582. The van der Waals surface area contributed by atoms with E-state index in [0.29, 0.717) is 5.11 Å². The van der Waals surface area contributed by atoms with Crippen LogP contribution in [0.15, 0.2) is 67.8 Å². The van der Waals surface area contributed by atoms with Gasteiger partial charge in [-0.15, -0.1) is 0 Å². The number of hydrogen-bond donors (Lipinski definition) is 3. The molecule has 112 valence electrons. The van der Waals surface area contributed by atoms with Crippen molar-refractivity contribution in [2.75, 3.05) is 0 Å². The molecule has 0 spiro atoms. The zero-order valence-corrected chi connectivity index (χ0v) is 13.3. The van der Waals surface area contributed by atoms with Crippen LogP contribution in [-0.2, 0) is 0 Å². The third-order valence-electron chi connectivity index (χ3n) is 3.18. The largest absolute Gasteiger partial charge is 0.331 e. The Morgan fingerprint density at radius 2 is 1.50 bits per heavy atom. The summed E-state index contributed by atoms with van der Waals surface area (Å²) >= 11 is 5.24. The van der Waals surface area contributed by atoms with E-state index in [0.717, 1.165) is 28.1 Å². The van der Waals surface area contributed by atoms with Crippen molar-refractivity contribution in [1.82, 2.24) is 16.2 Å². The fourth-order valence-electron chi connectivity index (χ4n) is 1.99. The van der Waals surface area contributed by atoms with E-state index in [4.69, 9.17) is 12.2 Å². The molecule has 4 heteroatoms. The van der Waals surface area contributed by atoms with Crippen molar-refractivity contribution in [3.8, 4) is 0 Å². The van der Waals surface area contributed by atoms with Gasteiger partial charge in [0.05, 0.1) is 5.70 Å². The first-order chi connectivity index (χ1) is 10.6. The Morgan fingerprint density at radius 3 is 2.18 bits per heavy atom. The average molecular weight is 309 g/mol. The topological polar surface area (TPSA) is 36.1 Å². The molecule has 0 radical (unpaired) electrons. The Morgan fingerprint density at radius 1 is 0.864 bits per heavy atom. The molecule has 2 rings (SSSR count). The highest BCUT2D eigenvalue weighted by Gasteiger charge is 2.04. The summed E-state index contributed by atoms with van der Waals surface area (Å²) in [7, 11) is 0. The number of hydrogen-bond acceptors (Lipinski definition) is 2. The summed E-state index contributed by atoms with van der Waals surface area (Å²) < 4.78 is 0. The Kier molecular flexibility index (Phi) is 5.33. The first kappa shape index (κ1) is 15.8. The van der Waals surface area contributed by atoms with E-state index in [-0.39, 0.29) is 0 Å². The molecule has 0 aliphatic rings. The summed E-state index contributed by atoms with van der Waals surface area (Å²) in [5.74, 6) is 0. The van der Waals surface area contributed by atoms with Crippen molar-refractivity contribution in [2.24, 2.45) is 0 Å². The van der Waals surface area contributed by atoms with E-state index < -0.39 is 0 Å². The Hall–Kier alpha value is -2.59. The number of benzene rings is 2. The first-order valence-corrected chi connectivity index (χ1v) is 7.31. The summed E-state index contributed by atoms with van der Waals surface area (Å²) in [5, 5.41) is 3.47. The van der Waals surface area contributed by atoms with E-state index in [1.165, 1.54) is 0 Å². The van der Waals surface area contributed by atoms with E-state index in [1.807, 2.05) is 61.5 Å². The van der Waals surface area contributed by atoms with Gasteiger partial charge in [-0.2, -0.15) is 0 Å². The molecular weight excluding hydrogens is 290 g/mol. The minimum atomic E-state index is 0.434. The van der Waals surface area contributed by atoms with Crippen molar-refractivity contribution >= 4 is 28.7 Å². The lowest BCUT2D eigenvalue weighted by Gasteiger charge is -2.16. The molecule has 0 bridgehead atoms. The van der Waals surface area contributed by atoms with Gasteiger partial charge in [-0.05, 0) is 30.3 Å². The molecule has 3 N–H and O–H groups in total. The lowest BCUT2D eigenvalue weighted by atomic mass is 10.1. The third kappa shape index (κ3) is 4.20. The fraction of sp³-hybridized carbons (Fsp3) is 0.0556. The van der Waals surface area contributed by atoms with Crippen molar-refractivity contribution in [3.05, 3.63) is 84.4 Å². The standard InChI is InChI=1S/C18H19N3S/c1-13-9-7-8-12-17(13)15(3)20-21-18(22)19-14(2)16-10-5-4-6-11-16/h4-12,20H,2-3H2,1H3,(H2,19,21,22). The Bertz CT molecular complexity index is 692. The monoisotopic (exact) mass is 309 g/mol. The highest BCUT2D eigenvalue weighted by Crippen LogP contribution is 2.13. The molecule has 0 heterocycles. The molecule has 22 heavy (non-hydrogen) atoms. The normalized spacial score (nSPS) is 9.68. The molecule has 0 atom stereocenters. The number of nitrogens with one attached hydrogen (secondary N) is 3. The molecule has 3 nitrogen and oxygen atoms in total. The van der Waals surface area contributed by atoms with Gasteiger partial charge in [0.15, 0.2) is 5.11 Å². The van der Waals surface area contributed by atoms with Gasteiger partial charge < -0.3 is 5.32 Å². The van der Waals surface area contributed by atoms with Gasteiger partial charge in [-0.3, -0.25) is 10.9 Å². The van der Waals surface area contributed by atoms with Gasteiger partial charge in [0, 0.05) is 11.3 Å². The Labute approximate surface area is 136 Å². The zero-order valence-electron chi connectivity index (χ0n) is 12.5. The van der Waals surface area contributed by atoms with Crippen LogP contribution in [0.4, 0.5) is 0 Å². The van der Waals surface area contributed by atoms with Crippen LogP contribution in [0.25, 0.3) is 11.4 Å². The SMILES string of the molecule is C=C(NC(=S)NNC(=C)c1ccccc1C)c1ccccc1. The van der Waals surface area contributed by atoms with Gasteiger partial charge in [-0.25, -0.2) is 0 Å². The number of thiocarbonyl (C=S) groups is 1. The van der Waals surface area contributed by atoms with E-state index in [2.05, 4.69) is 29.3 Å². The van der Waals surface area contributed by atoms with Crippen LogP contribution in [0.1, 0.15) is 16.7 Å². The van der Waals surface area contributed by atoms with Crippen LogP contribution >= 0.6 is 12.2 Å². The van der Waals surface area contributed by atoms with Crippen molar-refractivity contribution in [3.63, 3.8) is 0 Å². The minimum absolute atomic E-state index is 0.434. The molecule has 0 aliphatic heterocycles. The second-order valence-electron chi connectivity index (χ2n) is 4.84. The molecule has 0 saturated carbocycles. The highest BCUT2D eigenvalue weighted by atomic mass is 32.1. The lowest BCUT2D eigenvalue weighted by Crippen LogP contribution is -2.42. The molecule has 0 saturated heterocycles. The minimum Gasteiger partial charge on any atom is -0.331 e. The average Bonchev–Trinajstić information content (AvgIpc) is 2.54. The summed E-state index contributed by atoms with van der Waals surface area (Å²) in [4.78, 5) is 0. The summed E-state index contributed by atoms with van der Waals surface area (Å²) in [6.45, 7) is 10.0. The molecule has 0 amide bonds. The van der Waals surface area contributed by atoms with Crippen molar-refractivity contribution < 1.29 is 0 Å². The maximum absolute atomic E-state index is 5.24. The van der Waals surface area contributed by atoms with Crippen molar-refractivity contribution in [1.29, 1.82) is 0 Å².